The van der Waals surface area contributed by atoms with Crippen molar-refractivity contribution < 1.29 is 4.74 Å². The van der Waals surface area contributed by atoms with Gasteiger partial charge < -0.3 is 4.74 Å². The van der Waals surface area contributed by atoms with Crippen LogP contribution in [0.3, 0.4) is 0 Å². The summed E-state index contributed by atoms with van der Waals surface area (Å²) in [5.74, 6) is 1.47. The van der Waals surface area contributed by atoms with Gasteiger partial charge in [0.15, 0.2) is 0 Å². The molecule has 0 atom stereocenters. The lowest BCUT2D eigenvalue weighted by molar-refractivity contribution is 0.461. The first kappa shape index (κ1) is 14.9. The SMILES string of the molecule is CC(C)(C)c1ccc(Oc2ccc3c(c2)-c2ccccc2C3)nc1. The molecule has 24 heavy (non-hydrogen) atoms. The van der Waals surface area contributed by atoms with Crippen molar-refractivity contribution in [3.8, 4) is 22.8 Å². The third-order valence-electron chi connectivity index (χ3n) is 4.59. The molecular weight excluding hydrogens is 294 g/mol. The maximum Gasteiger partial charge on any atom is 0.219 e. The van der Waals surface area contributed by atoms with Crippen LogP contribution < -0.4 is 4.74 Å². The summed E-state index contributed by atoms with van der Waals surface area (Å²) < 4.78 is 5.98. The maximum atomic E-state index is 5.98. The summed E-state index contributed by atoms with van der Waals surface area (Å²) in [5.41, 5.74) is 6.64. The lowest BCUT2D eigenvalue weighted by atomic mass is 9.88. The largest absolute Gasteiger partial charge is 0.439 e. The van der Waals surface area contributed by atoms with Crippen molar-refractivity contribution in [3.05, 3.63) is 77.5 Å². The summed E-state index contributed by atoms with van der Waals surface area (Å²) in [6.07, 6.45) is 2.91. The van der Waals surface area contributed by atoms with E-state index >= 15 is 0 Å². The van der Waals surface area contributed by atoms with Crippen LogP contribution in [-0.4, -0.2) is 4.98 Å². The third-order valence-corrected chi connectivity index (χ3v) is 4.59. The number of hydrogen-bond donors (Lipinski definition) is 0. The van der Waals surface area contributed by atoms with Gasteiger partial charge in [0.05, 0.1) is 0 Å². The summed E-state index contributed by atoms with van der Waals surface area (Å²) in [6.45, 7) is 6.55. The monoisotopic (exact) mass is 315 g/mol. The van der Waals surface area contributed by atoms with E-state index in [1.807, 2.05) is 18.3 Å². The standard InChI is InChI=1S/C22H21NO/c1-22(2,3)17-9-11-21(23-14-17)24-18-10-8-16-12-15-6-4-5-7-19(15)20(16)13-18/h4-11,13-14H,12H2,1-3H3. The second kappa shape index (κ2) is 5.48. The van der Waals surface area contributed by atoms with E-state index in [0.29, 0.717) is 5.88 Å². The number of pyridine rings is 1. The van der Waals surface area contributed by atoms with Crippen molar-refractivity contribution in [1.82, 2.24) is 4.98 Å². The minimum atomic E-state index is 0.100. The topological polar surface area (TPSA) is 22.1 Å². The van der Waals surface area contributed by atoms with Gasteiger partial charge in [-0.25, -0.2) is 4.98 Å². The second-order valence-electron chi connectivity index (χ2n) is 7.39. The van der Waals surface area contributed by atoms with Crippen LogP contribution in [0, 0.1) is 0 Å². The molecule has 0 saturated heterocycles. The maximum absolute atomic E-state index is 5.98. The predicted molar refractivity (Wildman–Crippen MR) is 97.7 cm³/mol. The van der Waals surface area contributed by atoms with Crippen molar-refractivity contribution in [3.63, 3.8) is 0 Å². The van der Waals surface area contributed by atoms with Gasteiger partial charge >= 0.3 is 0 Å². The predicted octanol–water partition coefficient (Wildman–Crippen LogP) is 5.74. The molecule has 2 heteroatoms. The molecular formula is C22H21NO. The van der Waals surface area contributed by atoms with Gasteiger partial charge in [-0.15, -0.1) is 0 Å². The average Bonchev–Trinajstić information content (AvgIpc) is 2.93. The molecule has 0 saturated carbocycles. The van der Waals surface area contributed by atoms with Gasteiger partial charge in [-0.05, 0) is 51.8 Å². The molecule has 0 spiro atoms. The van der Waals surface area contributed by atoms with Crippen molar-refractivity contribution in [1.29, 1.82) is 0 Å². The quantitative estimate of drug-likeness (QED) is 0.470. The fraction of sp³-hybridized carbons (Fsp3) is 0.227. The molecule has 0 unspecified atom stereocenters. The highest BCUT2D eigenvalue weighted by molar-refractivity contribution is 5.77. The minimum absolute atomic E-state index is 0.100. The molecule has 1 heterocycles. The zero-order valence-electron chi connectivity index (χ0n) is 14.3. The smallest absolute Gasteiger partial charge is 0.219 e. The lowest BCUT2D eigenvalue weighted by Crippen LogP contribution is -2.11. The first-order valence-corrected chi connectivity index (χ1v) is 8.36. The first-order valence-electron chi connectivity index (χ1n) is 8.36. The molecule has 4 rings (SSSR count). The van der Waals surface area contributed by atoms with Gasteiger partial charge in [0.2, 0.25) is 5.88 Å². The molecule has 0 aliphatic heterocycles. The van der Waals surface area contributed by atoms with Crippen LogP contribution in [0.15, 0.2) is 60.8 Å². The molecule has 0 N–H and O–H groups in total. The normalized spacial score (nSPS) is 12.6. The Kier molecular flexibility index (Phi) is 3.42. The lowest BCUT2D eigenvalue weighted by Gasteiger charge is -2.18. The minimum Gasteiger partial charge on any atom is -0.439 e. The molecule has 1 aliphatic rings. The highest BCUT2D eigenvalue weighted by Gasteiger charge is 2.18. The molecule has 3 aromatic rings. The molecule has 120 valence electrons. The Balaban J connectivity index is 1.61. The van der Waals surface area contributed by atoms with E-state index in [9.17, 15) is 0 Å². The molecule has 0 radical (unpaired) electrons. The van der Waals surface area contributed by atoms with Gasteiger partial charge in [0.1, 0.15) is 5.75 Å². The van der Waals surface area contributed by atoms with Crippen LogP contribution in [0.5, 0.6) is 11.6 Å². The van der Waals surface area contributed by atoms with E-state index in [-0.39, 0.29) is 5.41 Å². The van der Waals surface area contributed by atoms with Crippen LogP contribution in [0.25, 0.3) is 11.1 Å². The van der Waals surface area contributed by atoms with E-state index in [0.717, 1.165) is 12.2 Å². The summed E-state index contributed by atoms with van der Waals surface area (Å²) in [6, 6.07) is 18.9. The number of rotatable bonds is 2. The zero-order chi connectivity index (χ0) is 16.7. The van der Waals surface area contributed by atoms with Gasteiger partial charge in [-0.2, -0.15) is 0 Å². The van der Waals surface area contributed by atoms with Crippen LogP contribution in [0.2, 0.25) is 0 Å². The third kappa shape index (κ3) is 2.69. The second-order valence-corrected chi connectivity index (χ2v) is 7.39. The van der Waals surface area contributed by atoms with Crippen LogP contribution in [0.1, 0.15) is 37.5 Å². The number of fused-ring (bicyclic) bond motifs is 3. The van der Waals surface area contributed by atoms with Crippen molar-refractivity contribution >= 4 is 0 Å². The van der Waals surface area contributed by atoms with E-state index < -0.39 is 0 Å². The van der Waals surface area contributed by atoms with Crippen LogP contribution >= 0.6 is 0 Å². The van der Waals surface area contributed by atoms with E-state index in [1.165, 1.54) is 27.8 Å². The highest BCUT2D eigenvalue weighted by Crippen LogP contribution is 2.39. The van der Waals surface area contributed by atoms with E-state index in [4.69, 9.17) is 4.74 Å². The number of benzene rings is 2. The van der Waals surface area contributed by atoms with E-state index in [1.54, 1.807) is 0 Å². The molecule has 2 aromatic carbocycles. The molecule has 1 aliphatic carbocycles. The summed E-state index contributed by atoms with van der Waals surface area (Å²) in [4.78, 5) is 4.46. The number of aromatic nitrogens is 1. The summed E-state index contributed by atoms with van der Waals surface area (Å²) >= 11 is 0. The average molecular weight is 315 g/mol. The number of nitrogens with zero attached hydrogens (tertiary/aromatic N) is 1. The van der Waals surface area contributed by atoms with Gasteiger partial charge in [-0.3, -0.25) is 0 Å². The van der Waals surface area contributed by atoms with E-state index in [2.05, 4.69) is 68.2 Å². The fourth-order valence-electron chi connectivity index (χ4n) is 3.17. The Morgan fingerprint density at radius 3 is 2.42 bits per heavy atom. The Labute approximate surface area is 143 Å². The molecule has 0 amide bonds. The van der Waals surface area contributed by atoms with Crippen molar-refractivity contribution in [2.24, 2.45) is 0 Å². The molecule has 0 fully saturated rings. The Bertz CT molecular complexity index is 889. The fourth-order valence-corrected chi connectivity index (χ4v) is 3.17. The van der Waals surface area contributed by atoms with Gasteiger partial charge in [0.25, 0.3) is 0 Å². The summed E-state index contributed by atoms with van der Waals surface area (Å²) in [5, 5.41) is 0. The first-order chi connectivity index (χ1) is 11.5. The van der Waals surface area contributed by atoms with Crippen LogP contribution in [0.4, 0.5) is 0 Å². The van der Waals surface area contributed by atoms with Crippen LogP contribution in [-0.2, 0) is 11.8 Å². The Morgan fingerprint density at radius 1 is 0.875 bits per heavy atom. The Hall–Kier alpha value is -2.61. The Morgan fingerprint density at radius 2 is 1.67 bits per heavy atom. The highest BCUT2D eigenvalue weighted by atomic mass is 16.5. The van der Waals surface area contributed by atoms with Crippen molar-refractivity contribution in [2.45, 2.75) is 32.6 Å². The number of hydrogen-bond acceptors (Lipinski definition) is 2. The zero-order valence-corrected chi connectivity index (χ0v) is 14.3. The van der Waals surface area contributed by atoms with Gasteiger partial charge in [-0.1, -0.05) is 57.2 Å². The molecule has 2 nitrogen and oxygen atoms in total. The number of ether oxygens (including phenoxy) is 1. The van der Waals surface area contributed by atoms with Gasteiger partial charge in [0, 0.05) is 12.3 Å². The van der Waals surface area contributed by atoms with Crippen molar-refractivity contribution in [2.75, 3.05) is 0 Å². The molecule has 1 aromatic heterocycles. The summed E-state index contributed by atoms with van der Waals surface area (Å²) in [7, 11) is 0. The molecule has 0 bridgehead atoms.